The van der Waals surface area contributed by atoms with Crippen molar-refractivity contribution >= 4 is 28.4 Å². The minimum Gasteiger partial charge on any atom is -0.373 e. The molecule has 3 aromatic rings. The van der Waals surface area contributed by atoms with Gasteiger partial charge in [0.15, 0.2) is 0 Å². The van der Waals surface area contributed by atoms with E-state index in [9.17, 15) is 14.0 Å². The van der Waals surface area contributed by atoms with Crippen molar-refractivity contribution in [2.45, 2.75) is 69.9 Å². The normalized spacial score (nSPS) is 17.0. The lowest BCUT2D eigenvalue weighted by Gasteiger charge is -2.23. The van der Waals surface area contributed by atoms with E-state index in [0.717, 1.165) is 62.3 Å². The Bertz CT molecular complexity index is 1290. The molecule has 0 radical (unpaired) electrons. The number of hydrogen-bond acceptors (Lipinski definition) is 4. The van der Waals surface area contributed by atoms with Crippen molar-refractivity contribution < 1.29 is 9.18 Å². The zero-order valence-electron chi connectivity index (χ0n) is 20.1. The molecule has 3 N–H and O–H groups in total. The number of rotatable bonds is 5. The second kappa shape index (κ2) is 10.1. The van der Waals surface area contributed by atoms with Gasteiger partial charge < -0.3 is 20.5 Å². The van der Waals surface area contributed by atoms with E-state index in [2.05, 4.69) is 20.9 Å². The van der Waals surface area contributed by atoms with Crippen LogP contribution in [-0.2, 0) is 0 Å². The molecule has 2 aliphatic rings. The van der Waals surface area contributed by atoms with Crippen molar-refractivity contribution in [1.82, 2.24) is 14.9 Å². The maximum atomic E-state index is 14.6. The molecule has 0 atom stereocenters. The van der Waals surface area contributed by atoms with Crippen molar-refractivity contribution in [3.05, 3.63) is 52.7 Å². The van der Waals surface area contributed by atoms with Gasteiger partial charge in [-0.3, -0.25) is 4.79 Å². The average Bonchev–Trinajstić information content (AvgIpc) is 3.40. The number of amides is 2. The van der Waals surface area contributed by atoms with Gasteiger partial charge in [-0.15, -0.1) is 0 Å². The van der Waals surface area contributed by atoms with Crippen LogP contribution in [0.15, 0.2) is 41.3 Å². The van der Waals surface area contributed by atoms with E-state index in [1.54, 1.807) is 25.4 Å². The Hall–Kier alpha value is -3.42. The zero-order chi connectivity index (χ0) is 24.4. The molecule has 2 fully saturated rings. The summed E-state index contributed by atoms with van der Waals surface area (Å²) >= 11 is 0. The van der Waals surface area contributed by atoms with Crippen molar-refractivity contribution in [2.75, 3.05) is 17.7 Å². The Morgan fingerprint density at radius 1 is 1.03 bits per heavy atom. The van der Waals surface area contributed by atoms with Gasteiger partial charge in [0.2, 0.25) is 0 Å². The summed E-state index contributed by atoms with van der Waals surface area (Å²) in [5.41, 5.74) is 1.83. The van der Waals surface area contributed by atoms with E-state index in [-0.39, 0.29) is 23.3 Å². The molecule has 2 heterocycles. The molecular formula is C27H32FN5O2. The third kappa shape index (κ3) is 4.88. The Morgan fingerprint density at radius 3 is 2.51 bits per heavy atom. The molecule has 0 saturated heterocycles. The Balaban J connectivity index is 1.51. The number of nitrogens with one attached hydrogen (secondary N) is 3. The van der Waals surface area contributed by atoms with E-state index in [0.29, 0.717) is 16.9 Å². The number of hydrogen-bond donors (Lipinski definition) is 3. The molecule has 7 nitrogen and oxygen atoms in total. The van der Waals surface area contributed by atoms with E-state index in [1.165, 1.54) is 12.5 Å². The van der Waals surface area contributed by atoms with E-state index >= 15 is 0 Å². The number of fused-ring (bicyclic) bond motifs is 1. The van der Waals surface area contributed by atoms with Crippen LogP contribution < -0.4 is 21.5 Å². The smallest absolute Gasteiger partial charge is 0.319 e. The molecule has 35 heavy (non-hydrogen) atoms. The quantitative estimate of drug-likeness (QED) is 0.432. The molecule has 0 aliphatic heterocycles. The molecule has 5 rings (SSSR count). The minimum atomic E-state index is -0.537. The number of pyridine rings is 2. The van der Waals surface area contributed by atoms with E-state index in [4.69, 9.17) is 0 Å². The molecule has 1 aromatic carbocycles. The molecule has 8 heteroatoms. The van der Waals surface area contributed by atoms with Crippen LogP contribution in [0, 0.1) is 5.82 Å². The topological polar surface area (TPSA) is 88.1 Å². The second-order valence-electron chi connectivity index (χ2n) is 9.68. The fraction of sp³-hybridized carbons (Fsp3) is 0.444. The first-order chi connectivity index (χ1) is 17.0. The van der Waals surface area contributed by atoms with Crippen LogP contribution in [0.1, 0.15) is 63.8 Å². The summed E-state index contributed by atoms with van der Waals surface area (Å²) in [6, 6.07) is 7.99. The first kappa shape index (κ1) is 23.3. The SMILES string of the molecule is CNc1cc2c(cn1)cc(-c1ccc(F)c(NC(=O)NC3CCCCC3)c1)c(=O)n2C1CCCC1. The van der Waals surface area contributed by atoms with Crippen LogP contribution in [-0.4, -0.2) is 28.7 Å². The summed E-state index contributed by atoms with van der Waals surface area (Å²) in [5.74, 6) is 0.165. The number of halogens is 1. The van der Waals surface area contributed by atoms with Crippen LogP contribution in [0.3, 0.4) is 0 Å². The van der Waals surface area contributed by atoms with Gasteiger partial charge in [-0.25, -0.2) is 14.2 Å². The first-order valence-electron chi connectivity index (χ1n) is 12.6. The number of nitrogens with zero attached hydrogens (tertiary/aromatic N) is 2. The fourth-order valence-electron chi connectivity index (χ4n) is 5.48. The van der Waals surface area contributed by atoms with Crippen LogP contribution in [0.4, 0.5) is 20.7 Å². The highest BCUT2D eigenvalue weighted by Crippen LogP contribution is 2.33. The number of aromatic nitrogens is 2. The predicted molar refractivity (Wildman–Crippen MR) is 137 cm³/mol. The molecule has 2 aromatic heterocycles. The Labute approximate surface area is 204 Å². The predicted octanol–water partition coefficient (Wildman–Crippen LogP) is 5.81. The second-order valence-corrected chi connectivity index (χ2v) is 9.68. The van der Waals surface area contributed by atoms with E-state index in [1.807, 2.05) is 16.7 Å². The maximum Gasteiger partial charge on any atom is 0.319 e. The van der Waals surface area contributed by atoms with Gasteiger partial charge in [0.1, 0.15) is 11.6 Å². The standard InChI is InChI=1S/C27H32FN5O2/c1-29-25-15-24-18(16-30-25)13-21(26(34)33(24)20-9-5-6-10-20)17-11-12-22(28)23(14-17)32-27(35)31-19-7-3-2-4-8-19/h11-16,19-20H,2-10H2,1H3,(H,29,30)(H2,31,32,35). The fourth-order valence-corrected chi connectivity index (χ4v) is 5.48. The third-order valence-corrected chi connectivity index (χ3v) is 7.33. The number of carbonyl (C=O) groups excluding carboxylic acids is 1. The maximum absolute atomic E-state index is 14.6. The van der Waals surface area contributed by atoms with Crippen LogP contribution >= 0.6 is 0 Å². The van der Waals surface area contributed by atoms with Gasteiger partial charge in [-0.2, -0.15) is 0 Å². The summed E-state index contributed by atoms with van der Waals surface area (Å²) in [5, 5.41) is 9.50. The molecular weight excluding hydrogens is 445 g/mol. The van der Waals surface area contributed by atoms with Gasteiger partial charge in [0.25, 0.3) is 5.56 Å². The van der Waals surface area contributed by atoms with Crippen molar-refractivity contribution in [3.8, 4) is 11.1 Å². The van der Waals surface area contributed by atoms with Crippen LogP contribution in [0.5, 0.6) is 0 Å². The average molecular weight is 478 g/mol. The highest BCUT2D eigenvalue weighted by atomic mass is 19.1. The number of anilines is 2. The highest BCUT2D eigenvalue weighted by Gasteiger charge is 2.23. The largest absolute Gasteiger partial charge is 0.373 e. The number of benzene rings is 1. The minimum absolute atomic E-state index is 0.0615. The van der Waals surface area contributed by atoms with Gasteiger partial charge in [0.05, 0.1) is 11.2 Å². The van der Waals surface area contributed by atoms with Gasteiger partial charge in [0, 0.05) is 42.3 Å². The lowest BCUT2D eigenvalue weighted by Crippen LogP contribution is -2.39. The van der Waals surface area contributed by atoms with Crippen LogP contribution in [0.25, 0.3) is 22.0 Å². The Morgan fingerprint density at radius 2 is 1.77 bits per heavy atom. The summed E-state index contributed by atoms with van der Waals surface area (Å²) in [4.78, 5) is 30.8. The zero-order valence-corrected chi connectivity index (χ0v) is 20.1. The van der Waals surface area contributed by atoms with Gasteiger partial charge >= 0.3 is 6.03 Å². The van der Waals surface area contributed by atoms with Gasteiger partial charge in [-0.05, 0) is 49.4 Å². The lowest BCUT2D eigenvalue weighted by molar-refractivity contribution is 0.244. The summed E-state index contributed by atoms with van der Waals surface area (Å²) in [6.07, 6.45) is 11.1. The molecule has 0 spiro atoms. The molecule has 2 saturated carbocycles. The number of urea groups is 1. The first-order valence-corrected chi connectivity index (χ1v) is 12.6. The summed E-state index contributed by atoms with van der Waals surface area (Å²) in [6.45, 7) is 0. The summed E-state index contributed by atoms with van der Waals surface area (Å²) in [7, 11) is 1.80. The van der Waals surface area contributed by atoms with Crippen LogP contribution in [0.2, 0.25) is 0 Å². The summed E-state index contributed by atoms with van der Waals surface area (Å²) < 4.78 is 16.5. The molecule has 2 aliphatic carbocycles. The third-order valence-electron chi connectivity index (χ3n) is 7.33. The van der Waals surface area contributed by atoms with Crippen molar-refractivity contribution in [3.63, 3.8) is 0 Å². The highest BCUT2D eigenvalue weighted by molar-refractivity contribution is 5.91. The van der Waals surface area contributed by atoms with Crippen molar-refractivity contribution in [1.29, 1.82) is 0 Å². The molecule has 0 unspecified atom stereocenters. The Kier molecular flexibility index (Phi) is 6.70. The molecule has 0 bridgehead atoms. The van der Waals surface area contributed by atoms with E-state index < -0.39 is 11.8 Å². The molecule has 184 valence electrons. The lowest BCUT2D eigenvalue weighted by atomic mass is 9.96. The van der Waals surface area contributed by atoms with Crippen molar-refractivity contribution in [2.24, 2.45) is 0 Å². The monoisotopic (exact) mass is 477 g/mol. The molecule has 2 amide bonds. The van der Waals surface area contributed by atoms with Gasteiger partial charge in [-0.1, -0.05) is 38.2 Å². The number of carbonyl (C=O) groups is 1.